The summed E-state index contributed by atoms with van der Waals surface area (Å²) in [4.78, 5) is 10.9. The highest BCUT2D eigenvalue weighted by atomic mass is 19.4. The van der Waals surface area contributed by atoms with Crippen LogP contribution in [0, 0.1) is 11.3 Å². The highest BCUT2D eigenvalue weighted by Gasteiger charge is 2.31. The van der Waals surface area contributed by atoms with Gasteiger partial charge in [-0.2, -0.15) is 5.26 Å². The van der Waals surface area contributed by atoms with Gasteiger partial charge in [0.1, 0.15) is 11.5 Å². The second-order valence-electron chi connectivity index (χ2n) is 3.71. The van der Waals surface area contributed by atoms with Gasteiger partial charge in [-0.25, -0.2) is 0 Å². The number of halogens is 3. The second kappa shape index (κ2) is 5.54. The van der Waals surface area contributed by atoms with Crippen LogP contribution in [0.1, 0.15) is 24.8 Å². The van der Waals surface area contributed by atoms with E-state index in [4.69, 9.17) is 5.26 Å². The lowest BCUT2D eigenvalue weighted by molar-refractivity contribution is -0.274. The second-order valence-corrected chi connectivity index (χ2v) is 3.71. The first-order valence-electron chi connectivity index (χ1n) is 5.06. The Hall–Kier alpha value is -2.03. The van der Waals surface area contributed by atoms with Gasteiger partial charge in [0.15, 0.2) is 0 Å². The van der Waals surface area contributed by atoms with Crippen LogP contribution in [-0.4, -0.2) is 12.1 Å². The van der Waals surface area contributed by atoms with Crippen molar-refractivity contribution in [1.82, 2.24) is 0 Å². The molecule has 1 atom stereocenters. The Morgan fingerprint density at radius 3 is 2.67 bits per heavy atom. The molecular formula is C12H10F3NO2. The third kappa shape index (κ3) is 4.45. The maximum Gasteiger partial charge on any atom is 0.573 e. The smallest absolute Gasteiger partial charge is 0.406 e. The minimum absolute atomic E-state index is 0.0357. The molecule has 1 unspecified atom stereocenters. The van der Waals surface area contributed by atoms with Crippen LogP contribution < -0.4 is 4.74 Å². The fourth-order valence-corrected chi connectivity index (χ4v) is 1.45. The molecule has 18 heavy (non-hydrogen) atoms. The first-order valence-corrected chi connectivity index (χ1v) is 5.06. The van der Waals surface area contributed by atoms with E-state index in [1.165, 1.54) is 19.1 Å². The van der Waals surface area contributed by atoms with Gasteiger partial charge in [-0.1, -0.05) is 12.1 Å². The number of hydrogen-bond acceptors (Lipinski definition) is 3. The minimum atomic E-state index is -4.78. The first-order chi connectivity index (χ1) is 8.31. The summed E-state index contributed by atoms with van der Waals surface area (Å²) in [5.41, 5.74) is 0.328. The van der Waals surface area contributed by atoms with Gasteiger partial charge in [0.05, 0.1) is 12.0 Å². The molecule has 1 aromatic rings. The van der Waals surface area contributed by atoms with Gasteiger partial charge in [0.25, 0.3) is 0 Å². The lowest BCUT2D eigenvalue weighted by atomic mass is 9.95. The summed E-state index contributed by atoms with van der Waals surface area (Å²) >= 11 is 0. The van der Waals surface area contributed by atoms with E-state index < -0.39 is 18.0 Å². The number of carbonyl (C=O) groups excluding carboxylic acids is 1. The molecule has 1 aromatic carbocycles. The topological polar surface area (TPSA) is 50.1 Å². The van der Waals surface area contributed by atoms with E-state index in [1.807, 2.05) is 6.07 Å². The minimum Gasteiger partial charge on any atom is -0.406 e. The molecule has 0 fully saturated rings. The van der Waals surface area contributed by atoms with E-state index in [9.17, 15) is 18.0 Å². The predicted molar refractivity (Wildman–Crippen MR) is 56.8 cm³/mol. The van der Waals surface area contributed by atoms with Crippen LogP contribution in [0.25, 0.3) is 0 Å². The first kappa shape index (κ1) is 14.0. The van der Waals surface area contributed by atoms with E-state index >= 15 is 0 Å². The van der Waals surface area contributed by atoms with Gasteiger partial charge in [0, 0.05) is 6.42 Å². The Bertz CT molecular complexity index is 477. The standard InChI is InChI=1S/C12H10F3NO2/c1-8(17)5-10(7-16)9-3-2-4-11(6-9)18-12(13,14)15/h2-4,6,10H,5H2,1H3. The Morgan fingerprint density at radius 2 is 2.17 bits per heavy atom. The van der Waals surface area contributed by atoms with Gasteiger partial charge in [0.2, 0.25) is 0 Å². The quantitative estimate of drug-likeness (QED) is 0.832. The molecule has 0 spiro atoms. The molecule has 1 rings (SSSR count). The molecule has 0 heterocycles. The number of carbonyl (C=O) groups is 1. The maximum atomic E-state index is 12.0. The summed E-state index contributed by atoms with van der Waals surface area (Å²) in [6, 6.07) is 6.97. The molecule has 0 N–H and O–H groups in total. The fourth-order valence-electron chi connectivity index (χ4n) is 1.45. The summed E-state index contributed by atoms with van der Waals surface area (Å²) in [7, 11) is 0. The molecule has 3 nitrogen and oxygen atoms in total. The van der Waals surface area contributed by atoms with Gasteiger partial charge in [-0.3, -0.25) is 4.79 Å². The van der Waals surface area contributed by atoms with Crippen LogP contribution in [-0.2, 0) is 4.79 Å². The Labute approximate surface area is 102 Å². The number of Topliss-reactive ketones (excluding diaryl/α,β-unsaturated/α-hetero) is 1. The number of nitrogens with zero attached hydrogens (tertiary/aromatic N) is 1. The molecule has 0 saturated heterocycles. The van der Waals surface area contributed by atoms with E-state index in [2.05, 4.69) is 4.74 Å². The average molecular weight is 257 g/mol. The highest BCUT2D eigenvalue weighted by molar-refractivity contribution is 5.77. The molecular weight excluding hydrogens is 247 g/mol. The average Bonchev–Trinajstić information content (AvgIpc) is 2.23. The van der Waals surface area contributed by atoms with Crippen molar-refractivity contribution < 1.29 is 22.7 Å². The van der Waals surface area contributed by atoms with Crippen LogP contribution >= 0.6 is 0 Å². The lowest BCUT2D eigenvalue weighted by Gasteiger charge is -2.12. The molecule has 0 amide bonds. The van der Waals surface area contributed by atoms with Gasteiger partial charge in [-0.05, 0) is 24.6 Å². The van der Waals surface area contributed by atoms with Crippen molar-refractivity contribution in [3.8, 4) is 11.8 Å². The number of alkyl halides is 3. The van der Waals surface area contributed by atoms with Crippen molar-refractivity contribution >= 4 is 5.78 Å². The van der Waals surface area contributed by atoms with Gasteiger partial charge >= 0.3 is 6.36 Å². The summed E-state index contributed by atoms with van der Waals surface area (Å²) in [6.45, 7) is 1.32. The summed E-state index contributed by atoms with van der Waals surface area (Å²) in [5.74, 6) is -1.37. The zero-order chi connectivity index (χ0) is 13.8. The highest BCUT2D eigenvalue weighted by Crippen LogP contribution is 2.27. The summed E-state index contributed by atoms with van der Waals surface area (Å²) < 4.78 is 39.8. The lowest BCUT2D eigenvalue weighted by Crippen LogP contribution is -2.17. The van der Waals surface area contributed by atoms with Crippen molar-refractivity contribution in [3.05, 3.63) is 29.8 Å². The van der Waals surface area contributed by atoms with Crippen LogP contribution in [0.2, 0.25) is 0 Å². The monoisotopic (exact) mass is 257 g/mol. The van der Waals surface area contributed by atoms with Crippen molar-refractivity contribution in [2.45, 2.75) is 25.6 Å². The molecule has 0 bridgehead atoms. The molecule has 96 valence electrons. The predicted octanol–water partition coefficient (Wildman–Crippen LogP) is 3.17. The Balaban J connectivity index is 2.93. The molecule has 0 radical (unpaired) electrons. The molecule has 0 aliphatic carbocycles. The molecule has 0 saturated carbocycles. The Kier molecular flexibility index (Phi) is 4.32. The molecule has 6 heteroatoms. The third-order valence-electron chi connectivity index (χ3n) is 2.14. The van der Waals surface area contributed by atoms with Crippen LogP contribution in [0.15, 0.2) is 24.3 Å². The van der Waals surface area contributed by atoms with Crippen molar-refractivity contribution in [3.63, 3.8) is 0 Å². The number of nitriles is 1. The number of ketones is 1. The number of ether oxygens (including phenoxy) is 1. The summed E-state index contributed by atoms with van der Waals surface area (Å²) in [5, 5.41) is 8.89. The normalized spacial score (nSPS) is 12.6. The van der Waals surface area contributed by atoms with Crippen molar-refractivity contribution in [2.24, 2.45) is 0 Å². The van der Waals surface area contributed by atoms with Crippen molar-refractivity contribution in [2.75, 3.05) is 0 Å². The van der Waals surface area contributed by atoms with Crippen LogP contribution in [0.3, 0.4) is 0 Å². The van der Waals surface area contributed by atoms with E-state index in [-0.39, 0.29) is 12.2 Å². The van der Waals surface area contributed by atoms with Crippen molar-refractivity contribution in [1.29, 1.82) is 5.26 Å². The fraction of sp³-hybridized carbons (Fsp3) is 0.333. The number of rotatable bonds is 4. The largest absolute Gasteiger partial charge is 0.573 e. The molecule has 0 aromatic heterocycles. The number of hydrogen-bond donors (Lipinski definition) is 0. The zero-order valence-corrected chi connectivity index (χ0v) is 9.49. The third-order valence-corrected chi connectivity index (χ3v) is 2.14. The van der Waals surface area contributed by atoms with E-state index in [1.54, 1.807) is 0 Å². The number of benzene rings is 1. The van der Waals surface area contributed by atoms with Gasteiger partial charge in [-0.15, -0.1) is 13.2 Å². The molecule has 0 aliphatic heterocycles. The molecule has 0 aliphatic rings. The SMILES string of the molecule is CC(=O)CC(C#N)c1cccc(OC(F)(F)F)c1. The van der Waals surface area contributed by atoms with E-state index in [0.29, 0.717) is 5.56 Å². The summed E-state index contributed by atoms with van der Waals surface area (Å²) in [6.07, 6.45) is -4.81. The zero-order valence-electron chi connectivity index (χ0n) is 9.49. The maximum absolute atomic E-state index is 12.0. The van der Waals surface area contributed by atoms with Gasteiger partial charge < -0.3 is 4.74 Å². The Morgan fingerprint density at radius 1 is 1.50 bits per heavy atom. The van der Waals surface area contributed by atoms with Crippen LogP contribution in [0.4, 0.5) is 13.2 Å². The van der Waals surface area contributed by atoms with Crippen LogP contribution in [0.5, 0.6) is 5.75 Å². The van der Waals surface area contributed by atoms with E-state index in [0.717, 1.165) is 12.1 Å².